The molecule has 0 bridgehead atoms. The molecule has 0 unspecified atom stereocenters. The molecule has 75 heavy (non-hydrogen) atoms. The van der Waals surface area contributed by atoms with Crippen molar-refractivity contribution in [2.24, 2.45) is 0 Å². The van der Waals surface area contributed by atoms with Gasteiger partial charge >= 0.3 is 0 Å². The summed E-state index contributed by atoms with van der Waals surface area (Å²) in [4.78, 5) is 6.91. The number of ether oxygens (including phenoxy) is 8. The minimum absolute atomic E-state index is 0.0712. The van der Waals surface area contributed by atoms with Crippen molar-refractivity contribution in [3.05, 3.63) is 169 Å². The molecule has 16 rings (SSSR count). The normalized spacial score (nSPS) is 14.9. The van der Waals surface area contributed by atoms with Crippen molar-refractivity contribution >= 4 is 96.0 Å². The van der Waals surface area contributed by atoms with Gasteiger partial charge in [0.1, 0.15) is 11.3 Å². The van der Waals surface area contributed by atoms with Crippen LogP contribution in [-0.2, 0) is 5.41 Å². The average molecular weight is 986 g/mol. The fourth-order valence-electron chi connectivity index (χ4n) is 11.9. The molecule has 13 heteroatoms. The number of para-hydroxylation sites is 3. The zero-order chi connectivity index (χ0) is 49.7. The summed E-state index contributed by atoms with van der Waals surface area (Å²) in [7, 11) is 0. The van der Waals surface area contributed by atoms with E-state index in [2.05, 4.69) is 145 Å². The molecule has 0 radical (unpaired) electrons. The van der Waals surface area contributed by atoms with E-state index in [9.17, 15) is 0 Å². The molecular formula is C62H44BN3O9. The third-order valence-corrected chi connectivity index (χ3v) is 15.3. The summed E-state index contributed by atoms with van der Waals surface area (Å²) in [6.07, 6.45) is 0. The Morgan fingerprint density at radius 3 is 1.57 bits per heavy atom. The maximum absolute atomic E-state index is 6.54. The van der Waals surface area contributed by atoms with Gasteiger partial charge in [0.25, 0.3) is 6.71 Å². The van der Waals surface area contributed by atoms with Gasteiger partial charge in [0.15, 0.2) is 46.0 Å². The van der Waals surface area contributed by atoms with Crippen LogP contribution in [0.25, 0.3) is 33.1 Å². The molecule has 10 aromatic rings. The lowest BCUT2D eigenvalue weighted by molar-refractivity contribution is 0.173. The number of hydrogen-bond donors (Lipinski definition) is 0. The molecule has 0 aliphatic carbocycles. The van der Waals surface area contributed by atoms with Gasteiger partial charge in [-0.2, -0.15) is 0 Å². The van der Waals surface area contributed by atoms with Crippen molar-refractivity contribution in [1.29, 1.82) is 0 Å². The van der Waals surface area contributed by atoms with Crippen LogP contribution < -0.4 is 69.0 Å². The minimum Gasteiger partial charge on any atom is -0.456 e. The van der Waals surface area contributed by atoms with Crippen LogP contribution in [0.1, 0.15) is 26.3 Å². The van der Waals surface area contributed by atoms with Gasteiger partial charge in [0.05, 0.1) is 28.4 Å². The monoisotopic (exact) mass is 985 g/mol. The first-order valence-corrected chi connectivity index (χ1v) is 25.1. The van der Waals surface area contributed by atoms with Gasteiger partial charge < -0.3 is 57.0 Å². The Hall–Kier alpha value is -9.36. The lowest BCUT2D eigenvalue weighted by Gasteiger charge is -2.45. The minimum atomic E-state index is -0.324. The molecule has 0 saturated carbocycles. The number of benzene rings is 9. The Bertz CT molecular complexity index is 3890. The highest BCUT2D eigenvalue weighted by Gasteiger charge is 2.49. The maximum atomic E-state index is 6.54. The van der Waals surface area contributed by atoms with Crippen molar-refractivity contribution in [3.63, 3.8) is 0 Å². The second-order valence-electron chi connectivity index (χ2n) is 20.5. The van der Waals surface area contributed by atoms with Crippen LogP contribution in [0.2, 0.25) is 0 Å². The Kier molecular flexibility index (Phi) is 8.76. The molecule has 1 aromatic heterocycles. The molecule has 9 aromatic carbocycles. The Labute approximate surface area is 431 Å². The molecule has 0 amide bonds. The topological polar surface area (TPSA) is 96.7 Å². The first-order valence-electron chi connectivity index (χ1n) is 25.1. The van der Waals surface area contributed by atoms with Crippen LogP contribution in [-0.4, -0.2) is 33.9 Å². The number of rotatable bonds is 6. The first-order chi connectivity index (χ1) is 36.8. The number of anilines is 9. The lowest BCUT2D eigenvalue weighted by Crippen LogP contribution is -2.61. The molecular weight excluding hydrogens is 942 g/mol. The highest BCUT2D eigenvalue weighted by molar-refractivity contribution is 7.00. The molecule has 0 saturated heterocycles. The standard InChI is InChI=1S/C62H44BN3O9/c1-62(2,3)39-17-20-40(21-18-39)64(41-19-16-35-26-38(15-14-36(35)27-41)54-28-37-8-4-5-11-49(37)75-54)42-29-47-55-48(30-42)66(46-10-7-13-51-59(46)72-32-68-51)57-44(23-25-53-61(57)74-34-70-53)63(55)43-22-24-52-60(73-33-69-52)56(43)65(47)45-9-6-12-50-58(45)71-31-67-50/h4-30H,31-34H2,1-3H3. The summed E-state index contributed by atoms with van der Waals surface area (Å²) in [5.41, 5.74) is 14.0. The third-order valence-electron chi connectivity index (χ3n) is 15.3. The maximum Gasteiger partial charge on any atom is 0.252 e. The van der Waals surface area contributed by atoms with E-state index in [4.69, 9.17) is 42.3 Å². The smallest absolute Gasteiger partial charge is 0.252 e. The van der Waals surface area contributed by atoms with Crippen LogP contribution in [0.5, 0.6) is 46.0 Å². The quantitative estimate of drug-likeness (QED) is 0.148. The summed E-state index contributed by atoms with van der Waals surface area (Å²) in [5.74, 6) is 6.00. The second-order valence-corrected chi connectivity index (χ2v) is 20.5. The van der Waals surface area contributed by atoms with Crippen LogP contribution in [0.4, 0.5) is 51.2 Å². The Balaban J connectivity index is 0.992. The van der Waals surface area contributed by atoms with E-state index in [1.54, 1.807) is 0 Å². The van der Waals surface area contributed by atoms with E-state index in [0.717, 1.165) is 101 Å². The van der Waals surface area contributed by atoms with E-state index in [1.807, 2.05) is 54.6 Å². The third kappa shape index (κ3) is 6.24. The molecule has 7 heterocycles. The molecule has 0 N–H and O–H groups in total. The molecule has 364 valence electrons. The number of fused-ring (bicyclic) bond motifs is 12. The summed E-state index contributed by atoms with van der Waals surface area (Å²) >= 11 is 0. The van der Waals surface area contributed by atoms with Gasteiger partial charge in [0, 0.05) is 33.7 Å². The second kappa shape index (κ2) is 15.6. The number of nitrogens with zero attached hydrogens (tertiary/aromatic N) is 3. The van der Waals surface area contributed by atoms with E-state index in [-0.39, 0.29) is 39.3 Å². The predicted octanol–water partition coefficient (Wildman–Crippen LogP) is 13.0. The molecule has 6 aliphatic rings. The van der Waals surface area contributed by atoms with Gasteiger partial charge in [-0.25, -0.2) is 0 Å². The van der Waals surface area contributed by atoms with E-state index in [0.29, 0.717) is 46.0 Å². The van der Waals surface area contributed by atoms with Gasteiger partial charge in [-0.15, -0.1) is 0 Å². The van der Waals surface area contributed by atoms with Gasteiger partial charge in [-0.1, -0.05) is 93.6 Å². The molecule has 0 atom stereocenters. The summed E-state index contributed by atoms with van der Waals surface area (Å²) in [6, 6.07) is 57.4. The van der Waals surface area contributed by atoms with Gasteiger partial charge in [-0.3, -0.25) is 0 Å². The van der Waals surface area contributed by atoms with Crippen LogP contribution >= 0.6 is 0 Å². The number of hydrogen-bond acceptors (Lipinski definition) is 12. The Morgan fingerprint density at radius 2 is 0.973 bits per heavy atom. The van der Waals surface area contributed by atoms with Crippen LogP contribution in [0, 0.1) is 0 Å². The van der Waals surface area contributed by atoms with Gasteiger partial charge in [0.2, 0.25) is 27.2 Å². The fraction of sp³-hybridized carbons (Fsp3) is 0.129. The fourth-order valence-corrected chi connectivity index (χ4v) is 11.9. The van der Waals surface area contributed by atoms with Crippen LogP contribution in [0.3, 0.4) is 0 Å². The zero-order valence-corrected chi connectivity index (χ0v) is 41.0. The summed E-state index contributed by atoms with van der Waals surface area (Å²) in [6.45, 7) is 6.76. The Morgan fingerprint density at radius 1 is 0.427 bits per heavy atom. The van der Waals surface area contributed by atoms with Crippen molar-refractivity contribution in [2.75, 3.05) is 41.9 Å². The van der Waals surface area contributed by atoms with Crippen molar-refractivity contribution < 1.29 is 42.3 Å². The molecule has 6 aliphatic heterocycles. The van der Waals surface area contributed by atoms with Gasteiger partial charge in [-0.05, 0) is 129 Å². The first kappa shape index (κ1) is 42.2. The van der Waals surface area contributed by atoms with E-state index in [1.165, 1.54) is 5.56 Å². The predicted molar refractivity (Wildman–Crippen MR) is 291 cm³/mol. The summed E-state index contributed by atoms with van der Waals surface area (Å²) in [5, 5.41) is 3.23. The SMILES string of the molecule is CC(C)(C)c1ccc(N(c2cc3c4c(c2)N(c2cccc5c2OCO5)c2c(ccc5c2OCO5)B4c2ccc4c(c2N3c2cccc3c2OCO3)OCO4)c2ccc3cc(-c4cc5ccccc5o4)ccc3c2)cc1. The zero-order valence-electron chi connectivity index (χ0n) is 41.0. The van der Waals surface area contributed by atoms with E-state index < -0.39 is 0 Å². The highest BCUT2D eigenvalue weighted by atomic mass is 16.7. The number of furan rings is 1. The molecule has 12 nitrogen and oxygen atoms in total. The van der Waals surface area contributed by atoms with Crippen molar-refractivity contribution in [2.45, 2.75) is 26.2 Å². The molecule has 0 spiro atoms. The summed E-state index contributed by atoms with van der Waals surface area (Å²) < 4.78 is 56.8. The van der Waals surface area contributed by atoms with Crippen molar-refractivity contribution in [1.82, 2.24) is 0 Å². The molecule has 0 fully saturated rings. The average Bonchev–Trinajstić information content (AvgIpc) is 4.40. The van der Waals surface area contributed by atoms with Crippen molar-refractivity contribution in [3.8, 4) is 57.3 Å². The lowest BCUT2D eigenvalue weighted by atomic mass is 9.33. The van der Waals surface area contributed by atoms with E-state index >= 15 is 0 Å². The largest absolute Gasteiger partial charge is 0.456 e. The highest BCUT2D eigenvalue weighted by Crippen LogP contribution is 2.58. The van der Waals surface area contributed by atoms with Crippen LogP contribution in [0.15, 0.2) is 168 Å².